The Labute approximate surface area is 84.0 Å². The number of nitrogens with zero attached hydrogens (tertiary/aromatic N) is 2. The predicted molar refractivity (Wildman–Crippen MR) is 54.9 cm³/mol. The van der Waals surface area contributed by atoms with E-state index in [2.05, 4.69) is 5.10 Å². The second-order valence-electron chi connectivity index (χ2n) is 3.98. The van der Waals surface area contributed by atoms with Crippen molar-refractivity contribution in [1.82, 2.24) is 9.78 Å². The standard InChI is InChI=1S/C10H17N3O/c1-8-6-13(12-10(8)11)7-9-2-4-14-5-3-9/h6,9H,2-5,7H2,1H3,(H2,11,12). The van der Waals surface area contributed by atoms with Crippen LogP contribution >= 0.6 is 0 Å². The Morgan fingerprint density at radius 3 is 2.86 bits per heavy atom. The van der Waals surface area contributed by atoms with Gasteiger partial charge in [0.2, 0.25) is 0 Å². The zero-order valence-corrected chi connectivity index (χ0v) is 8.57. The van der Waals surface area contributed by atoms with E-state index >= 15 is 0 Å². The zero-order chi connectivity index (χ0) is 9.97. The predicted octanol–water partition coefficient (Wildman–Crippen LogP) is 1.20. The van der Waals surface area contributed by atoms with Crippen LogP contribution in [0.5, 0.6) is 0 Å². The van der Waals surface area contributed by atoms with Gasteiger partial charge in [0, 0.05) is 31.5 Å². The lowest BCUT2D eigenvalue weighted by atomic mass is 10.0. The summed E-state index contributed by atoms with van der Waals surface area (Å²) < 4.78 is 7.27. The van der Waals surface area contributed by atoms with Crippen LogP contribution in [0.15, 0.2) is 6.20 Å². The average molecular weight is 195 g/mol. The quantitative estimate of drug-likeness (QED) is 0.771. The number of rotatable bonds is 2. The minimum Gasteiger partial charge on any atom is -0.382 e. The molecule has 2 heterocycles. The van der Waals surface area contributed by atoms with Crippen molar-refractivity contribution < 1.29 is 4.74 Å². The van der Waals surface area contributed by atoms with E-state index in [9.17, 15) is 0 Å². The van der Waals surface area contributed by atoms with Crippen LogP contribution in [0.3, 0.4) is 0 Å². The fourth-order valence-corrected chi connectivity index (χ4v) is 1.82. The number of aryl methyl sites for hydroxylation is 1. The molecule has 1 saturated heterocycles. The van der Waals surface area contributed by atoms with E-state index in [1.807, 2.05) is 17.8 Å². The van der Waals surface area contributed by atoms with Crippen molar-refractivity contribution in [1.29, 1.82) is 0 Å². The first-order valence-electron chi connectivity index (χ1n) is 5.13. The Hall–Kier alpha value is -1.03. The van der Waals surface area contributed by atoms with Gasteiger partial charge in [-0.3, -0.25) is 4.68 Å². The molecule has 0 atom stereocenters. The molecule has 78 valence electrons. The van der Waals surface area contributed by atoms with Crippen LogP contribution in [-0.4, -0.2) is 23.0 Å². The summed E-state index contributed by atoms with van der Waals surface area (Å²) in [6, 6.07) is 0. The van der Waals surface area contributed by atoms with Gasteiger partial charge in [-0.1, -0.05) is 0 Å². The number of nitrogen functional groups attached to an aromatic ring is 1. The minimum absolute atomic E-state index is 0.650. The molecule has 0 radical (unpaired) electrons. The Bertz CT molecular complexity index is 283. The molecule has 0 saturated carbocycles. The van der Waals surface area contributed by atoms with Crippen LogP contribution < -0.4 is 5.73 Å². The lowest BCUT2D eigenvalue weighted by Gasteiger charge is -2.21. The summed E-state index contributed by atoms with van der Waals surface area (Å²) >= 11 is 0. The fraction of sp³-hybridized carbons (Fsp3) is 0.700. The number of nitrogens with two attached hydrogens (primary N) is 1. The third-order valence-electron chi connectivity index (χ3n) is 2.77. The molecule has 1 aliphatic heterocycles. The first-order chi connectivity index (χ1) is 6.75. The number of anilines is 1. The van der Waals surface area contributed by atoms with Crippen molar-refractivity contribution in [3.05, 3.63) is 11.8 Å². The highest BCUT2D eigenvalue weighted by Gasteiger charge is 2.14. The van der Waals surface area contributed by atoms with E-state index in [4.69, 9.17) is 10.5 Å². The molecule has 14 heavy (non-hydrogen) atoms. The van der Waals surface area contributed by atoms with Gasteiger partial charge in [-0.25, -0.2) is 0 Å². The molecule has 0 aromatic carbocycles. The van der Waals surface area contributed by atoms with Gasteiger partial charge in [-0.15, -0.1) is 0 Å². The van der Waals surface area contributed by atoms with E-state index in [1.165, 1.54) is 0 Å². The lowest BCUT2D eigenvalue weighted by molar-refractivity contribution is 0.0602. The smallest absolute Gasteiger partial charge is 0.148 e. The molecule has 0 aliphatic carbocycles. The number of aromatic nitrogens is 2. The SMILES string of the molecule is Cc1cn(CC2CCOCC2)nc1N. The molecule has 1 aromatic rings. The van der Waals surface area contributed by atoms with Crippen LogP contribution in [0, 0.1) is 12.8 Å². The largest absolute Gasteiger partial charge is 0.382 e. The normalized spacial score (nSPS) is 18.6. The van der Waals surface area contributed by atoms with E-state index < -0.39 is 0 Å². The molecule has 4 nitrogen and oxygen atoms in total. The van der Waals surface area contributed by atoms with Gasteiger partial charge in [-0.2, -0.15) is 5.10 Å². The second kappa shape index (κ2) is 4.00. The van der Waals surface area contributed by atoms with E-state index in [1.54, 1.807) is 0 Å². The van der Waals surface area contributed by atoms with Crippen LogP contribution in [0.2, 0.25) is 0 Å². The number of ether oxygens (including phenoxy) is 1. The van der Waals surface area contributed by atoms with Crippen molar-refractivity contribution in [3.63, 3.8) is 0 Å². The Balaban J connectivity index is 1.95. The summed E-state index contributed by atoms with van der Waals surface area (Å²) in [7, 11) is 0. The maximum absolute atomic E-state index is 5.69. The number of hydrogen-bond donors (Lipinski definition) is 1. The van der Waals surface area contributed by atoms with E-state index in [0.717, 1.165) is 38.2 Å². The Morgan fingerprint density at radius 1 is 1.57 bits per heavy atom. The molecular weight excluding hydrogens is 178 g/mol. The van der Waals surface area contributed by atoms with Gasteiger partial charge >= 0.3 is 0 Å². The van der Waals surface area contributed by atoms with Gasteiger partial charge in [0.05, 0.1) is 0 Å². The van der Waals surface area contributed by atoms with Gasteiger partial charge in [0.1, 0.15) is 5.82 Å². The van der Waals surface area contributed by atoms with Gasteiger partial charge in [0.15, 0.2) is 0 Å². The monoisotopic (exact) mass is 195 g/mol. The van der Waals surface area contributed by atoms with Crippen LogP contribution in [-0.2, 0) is 11.3 Å². The molecule has 2 rings (SSSR count). The van der Waals surface area contributed by atoms with E-state index in [-0.39, 0.29) is 0 Å². The van der Waals surface area contributed by atoms with Crippen LogP contribution in [0.1, 0.15) is 18.4 Å². The summed E-state index contributed by atoms with van der Waals surface area (Å²) in [5.41, 5.74) is 6.76. The zero-order valence-electron chi connectivity index (χ0n) is 8.57. The summed E-state index contributed by atoms with van der Waals surface area (Å²) in [6.45, 7) is 4.74. The highest BCUT2D eigenvalue weighted by atomic mass is 16.5. The maximum atomic E-state index is 5.69. The molecule has 4 heteroatoms. The van der Waals surface area contributed by atoms with Crippen molar-refractivity contribution in [2.45, 2.75) is 26.3 Å². The second-order valence-corrected chi connectivity index (χ2v) is 3.98. The highest BCUT2D eigenvalue weighted by Crippen LogP contribution is 2.17. The molecule has 1 aliphatic rings. The van der Waals surface area contributed by atoms with Crippen molar-refractivity contribution >= 4 is 5.82 Å². The molecule has 0 amide bonds. The fourth-order valence-electron chi connectivity index (χ4n) is 1.82. The molecule has 0 unspecified atom stereocenters. The Morgan fingerprint density at radius 2 is 2.29 bits per heavy atom. The summed E-state index contributed by atoms with van der Waals surface area (Å²) in [6.07, 6.45) is 4.29. The third-order valence-corrected chi connectivity index (χ3v) is 2.77. The minimum atomic E-state index is 0.650. The molecular formula is C10H17N3O. The third kappa shape index (κ3) is 2.07. The Kier molecular flexibility index (Phi) is 2.72. The van der Waals surface area contributed by atoms with Gasteiger partial charge in [0.25, 0.3) is 0 Å². The molecule has 2 N–H and O–H groups in total. The van der Waals surface area contributed by atoms with Gasteiger partial charge < -0.3 is 10.5 Å². The summed E-state index contributed by atoms with van der Waals surface area (Å²) in [5, 5.41) is 4.26. The van der Waals surface area contributed by atoms with Gasteiger partial charge in [-0.05, 0) is 25.7 Å². The summed E-state index contributed by atoms with van der Waals surface area (Å²) in [5.74, 6) is 1.35. The molecule has 1 fully saturated rings. The first kappa shape index (κ1) is 9.52. The van der Waals surface area contributed by atoms with Crippen LogP contribution in [0.25, 0.3) is 0 Å². The first-order valence-corrected chi connectivity index (χ1v) is 5.13. The molecule has 1 aromatic heterocycles. The average Bonchev–Trinajstić information content (AvgIpc) is 2.47. The maximum Gasteiger partial charge on any atom is 0.148 e. The van der Waals surface area contributed by atoms with Crippen molar-refractivity contribution in [3.8, 4) is 0 Å². The van der Waals surface area contributed by atoms with Crippen LogP contribution in [0.4, 0.5) is 5.82 Å². The van der Waals surface area contributed by atoms with E-state index in [0.29, 0.717) is 11.7 Å². The molecule has 0 bridgehead atoms. The summed E-state index contributed by atoms with van der Waals surface area (Å²) in [4.78, 5) is 0. The topological polar surface area (TPSA) is 53.1 Å². The highest BCUT2D eigenvalue weighted by molar-refractivity contribution is 5.35. The molecule has 0 spiro atoms. The number of hydrogen-bond acceptors (Lipinski definition) is 3. The van der Waals surface area contributed by atoms with Crippen molar-refractivity contribution in [2.24, 2.45) is 5.92 Å². The van der Waals surface area contributed by atoms with Crippen molar-refractivity contribution in [2.75, 3.05) is 18.9 Å². The lowest BCUT2D eigenvalue weighted by Crippen LogP contribution is -2.20.